The Morgan fingerprint density at radius 2 is 1.11 bits per heavy atom. The third-order valence-corrected chi connectivity index (χ3v) is 4.42. The molecule has 2 heterocycles. The van der Waals surface area contributed by atoms with Crippen molar-refractivity contribution in [3.63, 3.8) is 0 Å². The second-order valence-corrected chi connectivity index (χ2v) is 6.22. The first-order valence-electron chi connectivity index (χ1n) is 9.15. The first kappa shape index (κ1) is 17.2. The zero-order valence-electron chi connectivity index (χ0n) is 15.1. The van der Waals surface area contributed by atoms with Crippen LogP contribution in [0.5, 0.6) is 0 Å². The van der Waals surface area contributed by atoms with Crippen LogP contribution in [0.4, 0.5) is 11.4 Å². The molecule has 5 heteroatoms. The van der Waals surface area contributed by atoms with Gasteiger partial charge in [-0.3, -0.25) is 9.97 Å². The summed E-state index contributed by atoms with van der Waals surface area (Å²) < 4.78 is 5.74. The fourth-order valence-electron chi connectivity index (χ4n) is 3.12. The Morgan fingerprint density at radius 1 is 0.630 bits per heavy atom. The highest BCUT2D eigenvalue weighted by Gasteiger charge is 2.01. The maximum atomic E-state index is 5.74. The molecule has 2 aromatic carbocycles. The van der Waals surface area contributed by atoms with Gasteiger partial charge in [0, 0.05) is 47.6 Å². The second-order valence-electron chi connectivity index (χ2n) is 6.22. The smallest absolute Gasteiger partial charge is 0.0722 e. The number of anilines is 2. The summed E-state index contributed by atoms with van der Waals surface area (Å²) in [5.74, 6) is 0. The Hall–Kier alpha value is -3.18. The lowest BCUT2D eigenvalue weighted by Gasteiger charge is -2.11. The number of fused-ring (bicyclic) bond motifs is 2. The molecule has 0 aliphatic heterocycles. The molecule has 2 N–H and O–H groups in total. The summed E-state index contributed by atoms with van der Waals surface area (Å²) in [7, 11) is 0. The van der Waals surface area contributed by atoms with Crippen LogP contribution in [0, 0.1) is 0 Å². The van der Waals surface area contributed by atoms with E-state index in [0.717, 1.165) is 46.3 Å². The van der Waals surface area contributed by atoms with Crippen molar-refractivity contribution in [3.8, 4) is 0 Å². The zero-order valence-corrected chi connectivity index (χ0v) is 15.1. The average molecular weight is 358 g/mol. The van der Waals surface area contributed by atoms with Gasteiger partial charge < -0.3 is 15.4 Å². The zero-order chi connectivity index (χ0) is 18.3. The summed E-state index contributed by atoms with van der Waals surface area (Å²) in [5, 5.41) is 9.12. The summed E-state index contributed by atoms with van der Waals surface area (Å²) in [6, 6.07) is 20.2. The first-order chi connectivity index (χ1) is 13.4. The van der Waals surface area contributed by atoms with Crippen molar-refractivity contribution >= 4 is 33.2 Å². The van der Waals surface area contributed by atoms with Crippen molar-refractivity contribution in [2.75, 3.05) is 36.9 Å². The van der Waals surface area contributed by atoms with Gasteiger partial charge in [-0.15, -0.1) is 0 Å². The number of benzene rings is 2. The molecular weight excluding hydrogens is 336 g/mol. The van der Waals surface area contributed by atoms with Crippen LogP contribution in [0.2, 0.25) is 0 Å². The van der Waals surface area contributed by atoms with Gasteiger partial charge in [-0.25, -0.2) is 0 Å². The standard InChI is InChI=1S/C22H22N4O/c1-3-7-19-17(5-1)21(9-11-23-19)25-13-15-27-16-14-26-22-10-12-24-20-8-4-2-6-18(20)22/h1-12H,13-16H2,(H,23,25)(H,24,26). The monoisotopic (exact) mass is 358 g/mol. The van der Waals surface area contributed by atoms with E-state index < -0.39 is 0 Å². The Labute approximate surface area is 158 Å². The van der Waals surface area contributed by atoms with E-state index >= 15 is 0 Å². The van der Waals surface area contributed by atoms with Gasteiger partial charge in [0.1, 0.15) is 0 Å². The summed E-state index contributed by atoms with van der Waals surface area (Å²) in [4.78, 5) is 8.75. The quantitative estimate of drug-likeness (QED) is 0.459. The Bertz CT molecular complexity index is 941. The van der Waals surface area contributed by atoms with E-state index in [4.69, 9.17) is 4.74 Å². The van der Waals surface area contributed by atoms with E-state index in [0.29, 0.717) is 13.2 Å². The predicted octanol–water partition coefficient (Wildman–Crippen LogP) is 4.32. The van der Waals surface area contributed by atoms with Gasteiger partial charge >= 0.3 is 0 Å². The number of pyridine rings is 2. The molecule has 0 saturated carbocycles. The van der Waals surface area contributed by atoms with Crippen LogP contribution in [-0.4, -0.2) is 36.3 Å². The van der Waals surface area contributed by atoms with E-state index in [1.807, 2.05) is 60.9 Å². The minimum absolute atomic E-state index is 0.648. The largest absolute Gasteiger partial charge is 0.382 e. The molecule has 0 fully saturated rings. The number of hydrogen-bond acceptors (Lipinski definition) is 5. The molecule has 0 spiro atoms. The highest BCUT2D eigenvalue weighted by molar-refractivity contribution is 5.91. The van der Waals surface area contributed by atoms with Crippen LogP contribution in [0.15, 0.2) is 73.1 Å². The van der Waals surface area contributed by atoms with Gasteiger partial charge in [-0.2, -0.15) is 0 Å². The molecule has 4 rings (SSSR count). The highest BCUT2D eigenvalue weighted by Crippen LogP contribution is 2.21. The number of hydrogen-bond donors (Lipinski definition) is 2. The molecule has 5 nitrogen and oxygen atoms in total. The fraction of sp³-hybridized carbons (Fsp3) is 0.182. The molecule has 0 unspecified atom stereocenters. The third kappa shape index (κ3) is 4.15. The predicted molar refractivity (Wildman–Crippen MR) is 111 cm³/mol. The van der Waals surface area contributed by atoms with Gasteiger partial charge in [0.05, 0.1) is 24.2 Å². The number of nitrogens with zero attached hydrogens (tertiary/aromatic N) is 2. The van der Waals surface area contributed by atoms with Gasteiger partial charge in [0.2, 0.25) is 0 Å². The van der Waals surface area contributed by atoms with E-state index in [1.54, 1.807) is 0 Å². The summed E-state index contributed by atoms with van der Waals surface area (Å²) in [6.07, 6.45) is 3.66. The van der Waals surface area contributed by atoms with Gasteiger partial charge in [-0.05, 0) is 24.3 Å². The number of nitrogens with one attached hydrogen (secondary N) is 2. The van der Waals surface area contributed by atoms with E-state index in [1.165, 1.54) is 0 Å². The van der Waals surface area contributed by atoms with E-state index in [2.05, 4.69) is 32.7 Å². The Morgan fingerprint density at radius 3 is 1.63 bits per heavy atom. The molecule has 0 aliphatic carbocycles. The molecule has 136 valence electrons. The van der Waals surface area contributed by atoms with Crippen LogP contribution >= 0.6 is 0 Å². The number of para-hydroxylation sites is 2. The van der Waals surface area contributed by atoms with Crippen molar-refractivity contribution in [1.29, 1.82) is 0 Å². The molecule has 0 bridgehead atoms. The van der Waals surface area contributed by atoms with Gasteiger partial charge in [0.25, 0.3) is 0 Å². The molecule has 27 heavy (non-hydrogen) atoms. The minimum atomic E-state index is 0.648. The fourth-order valence-corrected chi connectivity index (χ4v) is 3.12. The Kier molecular flexibility index (Phi) is 5.41. The van der Waals surface area contributed by atoms with Gasteiger partial charge in [0.15, 0.2) is 0 Å². The molecule has 0 aliphatic rings. The molecule has 2 aromatic heterocycles. The number of rotatable bonds is 8. The van der Waals surface area contributed by atoms with Crippen molar-refractivity contribution in [2.24, 2.45) is 0 Å². The highest BCUT2D eigenvalue weighted by atomic mass is 16.5. The maximum absolute atomic E-state index is 5.74. The Balaban J connectivity index is 1.22. The maximum Gasteiger partial charge on any atom is 0.0722 e. The average Bonchev–Trinajstić information content (AvgIpc) is 2.73. The van der Waals surface area contributed by atoms with E-state index in [9.17, 15) is 0 Å². The van der Waals surface area contributed by atoms with Crippen LogP contribution in [-0.2, 0) is 4.74 Å². The first-order valence-corrected chi connectivity index (χ1v) is 9.15. The minimum Gasteiger partial charge on any atom is -0.382 e. The molecule has 0 radical (unpaired) electrons. The van der Waals surface area contributed by atoms with Crippen LogP contribution < -0.4 is 10.6 Å². The van der Waals surface area contributed by atoms with Crippen molar-refractivity contribution in [2.45, 2.75) is 0 Å². The lowest BCUT2D eigenvalue weighted by Crippen LogP contribution is -2.15. The van der Waals surface area contributed by atoms with E-state index in [-0.39, 0.29) is 0 Å². The molecule has 0 atom stereocenters. The summed E-state index contributed by atoms with van der Waals surface area (Å²) >= 11 is 0. The molecule has 4 aromatic rings. The van der Waals surface area contributed by atoms with Crippen LogP contribution in [0.1, 0.15) is 0 Å². The van der Waals surface area contributed by atoms with Gasteiger partial charge in [-0.1, -0.05) is 36.4 Å². The van der Waals surface area contributed by atoms with Crippen molar-refractivity contribution in [1.82, 2.24) is 9.97 Å². The third-order valence-electron chi connectivity index (χ3n) is 4.42. The summed E-state index contributed by atoms with van der Waals surface area (Å²) in [6.45, 7) is 2.81. The lowest BCUT2D eigenvalue weighted by atomic mass is 10.2. The van der Waals surface area contributed by atoms with Crippen molar-refractivity contribution < 1.29 is 4.74 Å². The molecular formula is C22H22N4O. The SMILES string of the molecule is c1ccc2c(NCCOCCNc3ccnc4ccccc34)ccnc2c1. The van der Waals surface area contributed by atoms with Crippen molar-refractivity contribution in [3.05, 3.63) is 73.1 Å². The molecule has 0 saturated heterocycles. The topological polar surface area (TPSA) is 59.1 Å². The molecule has 0 amide bonds. The van der Waals surface area contributed by atoms with Crippen LogP contribution in [0.3, 0.4) is 0 Å². The van der Waals surface area contributed by atoms with Crippen LogP contribution in [0.25, 0.3) is 21.8 Å². The number of aromatic nitrogens is 2. The summed E-state index contributed by atoms with van der Waals surface area (Å²) in [5.41, 5.74) is 4.17. The normalized spacial score (nSPS) is 11.0. The lowest BCUT2D eigenvalue weighted by molar-refractivity contribution is 0.154. The number of ether oxygens (including phenoxy) is 1. The second kappa shape index (κ2) is 8.47.